The molecule has 164 valence electrons. The van der Waals surface area contributed by atoms with Crippen molar-refractivity contribution in [3.05, 3.63) is 28.8 Å². The number of nitrogens with one attached hydrogen (secondary N) is 2. The van der Waals surface area contributed by atoms with Gasteiger partial charge in [-0.05, 0) is 40.2 Å². The minimum absolute atomic E-state index is 0.184. The van der Waals surface area contributed by atoms with Gasteiger partial charge < -0.3 is 20.1 Å². The minimum Gasteiger partial charge on any atom is -0.493 e. The second kappa shape index (κ2) is 9.60. The van der Waals surface area contributed by atoms with Gasteiger partial charge in [0.1, 0.15) is 6.04 Å². The van der Waals surface area contributed by atoms with Crippen molar-refractivity contribution >= 4 is 22.7 Å². The van der Waals surface area contributed by atoms with Gasteiger partial charge in [0.05, 0.1) is 31.4 Å². The molecular weight excluding hydrogens is 388 g/mol. The van der Waals surface area contributed by atoms with E-state index >= 15 is 0 Å². The van der Waals surface area contributed by atoms with Crippen LogP contribution in [0, 0.1) is 0 Å². The Morgan fingerprint density at radius 3 is 2.40 bits per heavy atom. The number of hydrogen-bond donors (Lipinski definition) is 2. The van der Waals surface area contributed by atoms with Crippen molar-refractivity contribution in [3.8, 4) is 11.5 Å². The Morgan fingerprint density at radius 1 is 1.17 bits per heavy atom. The second-order valence-corrected chi connectivity index (χ2v) is 8.10. The third kappa shape index (κ3) is 5.95. The van der Waals surface area contributed by atoms with Gasteiger partial charge >= 0.3 is 0 Å². The van der Waals surface area contributed by atoms with E-state index < -0.39 is 6.04 Å². The first-order chi connectivity index (χ1) is 14.1. The summed E-state index contributed by atoms with van der Waals surface area (Å²) < 4.78 is 11.9. The van der Waals surface area contributed by atoms with Gasteiger partial charge in [0, 0.05) is 24.6 Å². The average molecular weight is 418 g/mol. The number of carbonyl (C=O) groups is 2. The zero-order chi connectivity index (χ0) is 22.5. The van der Waals surface area contributed by atoms with E-state index in [4.69, 9.17) is 9.47 Å². The Bertz CT molecular complexity index is 978. The molecule has 0 fully saturated rings. The van der Waals surface area contributed by atoms with Gasteiger partial charge in [-0.1, -0.05) is 0 Å². The zero-order valence-corrected chi connectivity index (χ0v) is 18.4. The highest BCUT2D eigenvalue weighted by atomic mass is 16.5. The molecule has 2 N–H and O–H groups in total. The fraction of sp³-hybridized carbons (Fsp3) is 0.524. The SMILES string of the molecule is COc1cc2ncn(CCCC(=O)NC(C)C(=O)NC(C)(C)C)c(=O)c2cc1OC. The number of amides is 2. The van der Waals surface area contributed by atoms with Gasteiger partial charge in [-0.3, -0.25) is 19.0 Å². The summed E-state index contributed by atoms with van der Waals surface area (Å²) in [6.45, 7) is 7.59. The lowest BCUT2D eigenvalue weighted by atomic mass is 10.1. The molecule has 1 aromatic carbocycles. The maximum atomic E-state index is 12.7. The Morgan fingerprint density at radius 2 is 1.80 bits per heavy atom. The van der Waals surface area contributed by atoms with Crippen molar-refractivity contribution in [2.24, 2.45) is 0 Å². The van der Waals surface area contributed by atoms with Crippen LogP contribution in [0.1, 0.15) is 40.5 Å². The predicted octanol–water partition coefficient (Wildman–Crippen LogP) is 1.61. The van der Waals surface area contributed by atoms with Crippen LogP contribution < -0.4 is 25.7 Å². The molecule has 0 radical (unpaired) electrons. The van der Waals surface area contributed by atoms with Crippen molar-refractivity contribution in [3.63, 3.8) is 0 Å². The average Bonchev–Trinajstić information content (AvgIpc) is 2.67. The lowest BCUT2D eigenvalue weighted by Crippen LogP contribution is -2.50. The van der Waals surface area contributed by atoms with Crippen LogP contribution in [0.2, 0.25) is 0 Å². The van der Waals surface area contributed by atoms with Crippen LogP contribution in [0.4, 0.5) is 0 Å². The van der Waals surface area contributed by atoms with Crippen LogP contribution in [0.3, 0.4) is 0 Å². The van der Waals surface area contributed by atoms with Crippen LogP contribution in [0.25, 0.3) is 10.9 Å². The van der Waals surface area contributed by atoms with E-state index in [1.54, 1.807) is 19.1 Å². The molecule has 1 atom stereocenters. The van der Waals surface area contributed by atoms with E-state index in [9.17, 15) is 14.4 Å². The number of nitrogens with zero attached hydrogens (tertiary/aromatic N) is 2. The van der Waals surface area contributed by atoms with Crippen LogP contribution in [0.5, 0.6) is 11.5 Å². The summed E-state index contributed by atoms with van der Waals surface area (Å²) in [5.74, 6) is 0.453. The molecule has 0 spiro atoms. The highest BCUT2D eigenvalue weighted by Gasteiger charge is 2.20. The lowest BCUT2D eigenvalue weighted by Gasteiger charge is -2.23. The molecule has 0 saturated heterocycles. The number of benzene rings is 1. The summed E-state index contributed by atoms with van der Waals surface area (Å²) in [5, 5.41) is 5.91. The zero-order valence-electron chi connectivity index (χ0n) is 18.4. The van der Waals surface area contributed by atoms with Gasteiger partial charge in [0.2, 0.25) is 11.8 Å². The van der Waals surface area contributed by atoms with E-state index in [2.05, 4.69) is 15.6 Å². The number of ether oxygens (including phenoxy) is 2. The molecule has 9 heteroatoms. The molecule has 2 aromatic rings. The largest absolute Gasteiger partial charge is 0.493 e. The standard InChI is InChI=1S/C21H30N4O5/c1-13(19(27)24-21(2,3)4)23-18(26)8-7-9-25-12-22-15-11-17(30-6)16(29-5)10-14(15)20(25)28/h10-13H,7-9H2,1-6H3,(H,23,26)(H,24,27). The molecule has 0 saturated carbocycles. The Labute approximate surface area is 175 Å². The maximum absolute atomic E-state index is 12.7. The van der Waals surface area contributed by atoms with Crippen molar-refractivity contribution in [2.75, 3.05) is 14.2 Å². The molecule has 2 rings (SSSR count). The van der Waals surface area contributed by atoms with E-state index in [1.807, 2.05) is 20.8 Å². The third-order valence-electron chi connectivity index (χ3n) is 4.40. The first kappa shape index (κ1) is 23.2. The van der Waals surface area contributed by atoms with Gasteiger partial charge in [0.25, 0.3) is 5.56 Å². The molecule has 1 heterocycles. The molecule has 30 heavy (non-hydrogen) atoms. The van der Waals surface area contributed by atoms with Crippen LogP contribution in [-0.4, -0.2) is 47.2 Å². The van der Waals surface area contributed by atoms with Gasteiger partial charge in [0.15, 0.2) is 11.5 Å². The highest BCUT2D eigenvalue weighted by Crippen LogP contribution is 2.29. The summed E-state index contributed by atoms with van der Waals surface area (Å²) in [6, 6.07) is 2.61. The fourth-order valence-corrected chi connectivity index (χ4v) is 2.91. The molecule has 1 aromatic heterocycles. The van der Waals surface area contributed by atoms with Crippen molar-refractivity contribution in [2.45, 2.75) is 58.7 Å². The number of rotatable bonds is 8. The quantitative estimate of drug-likeness (QED) is 0.674. The molecular formula is C21H30N4O5. The number of fused-ring (bicyclic) bond motifs is 1. The van der Waals surface area contributed by atoms with Crippen LogP contribution in [-0.2, 0) is 16.1 Å². The summed E-state index contributed by atoms with van der Waals surface area (Å²) in [6.07, 6.45) is 2.07. The van der Waals surface area contributed by atoms with Crippen LogP contribution in [0.15, 0.2) is 23.3 Å². The summed E-state index contributed by atoms with van der Waals surface area (Å²) in [5.41, 5.74) is -0.0860. The first-order valence-corrected chi connectivity index (χ1v) is 9.78. The number of methoxy groups -OCH3 is 2. The van der Waals surface area contributed by atoms with E-state index in [0.29, 0.717) is 35.4 Å². The minimum atomic E-state index is -0.635. The lowest BCUT2D eigenvalue weighted by molar-refractivity contribution is -0.129. The summed E-state index contributed by atoms with van der Waals surface area (Å²) in [7, 11) is 3.02. The Balaban J connectivity index is 1.99. The van der Waals surface area contributed by atoms with Crippen molar-refractivity contribution in [1.29, 1.82) is 0 Å². The van der Waals surface area contributed by atoms with Crippen molar-refractivity contribution < 1.29 is 19.1 Å². The number of aryl methyl sites for hydroxylation is 1. The maximum Gasteiger partial charge on any atom is 0.261 e. The number of carbonyl (C=O) groups excluding carboxylic acids is 2. The van der Waals surface area contributed by atoms with Crippen LogP contribution >= 0.6 is 0 Å². The van der Waals surface area contributed by atoms with E-state index in [1.165, 1.54) is 25.1 Å². The van der Waals surface area contributed by atoms with Gasteiger partial charge in [-0.15, -0.1) is 0 Å². The van der Waals surface area contributed by atoms with Crippen molar-refractivity contribution in [1.82, 2.24) is 20.2 Å². The topological polar surface area (TPSA) is 112 Å². The molecule has 1 unspecified atom stereocenters. The van der Waals surface area contributed by atoms with E-state index in [0.717, 1.165) is 0 Å². The molecule has 0 aliphatic rings. The molecule has 0 aliphatic heterocycles. The van der Waals surface area contributed by atoms with Gasteiger partial charge in [-0.2, -0.15) is 0 Å². The monoisotopic (exact) mass is 418 g/mol. The van der Waals surface area contributed by atoms with Gasteiger partial charge in [-0.25, -0.2) is 4.98 Å². The summed E-state index contributed by atoms with van der Waals surface area (Å²) >= 11 is 0. The highest BCUT2D eigenvalue weighted by molar-refractivity contribution is 5.87. The molecule has 9 nitrogen and oxygen atoms in total. The molecule has 0 aliphatic carbocycles. The van der Waals surface area contributed by atoms with E-state index in [-0.39, 0.29) is 29.3 Å². The Hall–Kier alpha value is -3.10. The molecule has 2 amide bonds. The number of aromatic nitrogens is 2. The number of hydrogen-bond acceptors (Lipinski definition) is 6. The predicted molar refractivity (Wildman–Crippen MR) is 114 cm³/mol. The first-order valence-electron chi connectivity index (χ1n) is 9.78. The summed E-state index contributed by atoms with van der Waals surface area (Å²) in [4.78, 5) is 41.2. The fourth-order valence-electron chi connectivity index (χ4n) is 2.91. The normalized spacial score (nSPS) is 12.3. The Kier molecular flexibility index (Phi) is 7.42. The third-order valence-corrected chi connectivity index (χ3v) is 4.40. The molecule has 0 bridgehead atoms. The second-order valence-electron chi connectivity index (χ2n) is 8.10. The smallest absolute Gasteiger partial charge is 0.261 e.